The lowest BCUT2D eigenvalue weighted by molar-refractivity contribution is -0.165. The highest BCUT2D eigenvalue weighted by Crippen LogP contribution is 2.46. The molecule has 4 heterocycles. The minimum absolute atomic E-state index is 0.0151. The lowest BCUT2D eigenvalue weighted by atomic mass is 9.79. The molecule has 6 rings (SSSR count). The summed E-state index contributed by atoms with van der Waals surface area (Å²) in [5, 5.41) is 15.8. The number of aliphatic imine (C=N–C) groups is 1. The Morgan fingerprint density at radius 1 is 1.23 bits per heavy atom. The van der Waals surface area contributed by atoms with Crippen molar-refractivity contribution in [3.05, 3.63) is 63.0 Å². The molecule has 1 aliphatic carbocycles. The van der Waals surface area contributed by atoms with E-state index in [0.29, 0.717) is 35.8 Å². The summed E-state index contributed by atoms with van der Waals surface area (Å²) in [4.78, 5) is 37.9. The first-order valence-corrected chi connectivity index (χ1v) is 15.6. The number of aliphatic carboxylic acids is 1. The van der Waals surface area contributed by atoms with Crippen molar-refractivity contribution in [2.45, 2.75) is 70.2 Å². The molecule has 1 saturated carbocycles. The molecular formula is C31H36F3N5O4S. The number of halogens is 3. The molecular weight excluding hydrogens is 595 g/mol. The van der Waals surface area contributed by atoms with Gasteiger partial charge in [0.2, 0.25) is 0 Å². The van der Waals surface area contributed by atoms with E-state index in [9.17, 15) is 19.1 Å². The number of aromatic nitrogens is 1. The Morgan fingerprint density at radius 3 is 2.64 bits per heavy atom. The fourth-order valence-electron chi connectivity index (χ4n) is 6.81. The molecule has 0 bridgehead atoms. The Kier molecular flexibility index (Phi) is 7.86. The molecule has 44 heavy (non-hydrogen) atoms. The van der Waals surface area contributed by atoms with Gasteiger partial charge in [-0.1, -0.05) is 12.1 Å². The van der Waals surface area contributed by atoms with E-state index < -0.39 is 47.9 Å². The number of ether oxygens (including phenoxy) is 1. The first-order valence-electron chi connectivity index (χ1n) is 14.8. The van der Waals surface area contributed by atoms with E-state index in [1.54, 1.807) is 29.5 Å². The fourth-order valence-corrected chi connectivity index (χ4v) is 7.40. The van der Waals surface area contributed by atoms with Gasteiger partial charge >= 0.3 is 11.9 Å². The normalized spacial score (nSPS) is 28.7. The molecule has 0 spiro atoms. The molecule has 2 saturated heterocycles. The minimum atomic E-state index is -2.98. The van der Waals surface area contributed by atoms with Crippen molar-refractivity contribution in [2.75, 3.05) is 26.2 Å². The van der Waals surface area contributed by atoms with Crippen molar-refractivity contribution in [3.8, 4) is 0 Å². The molecule has 2 N–H and O–H groups in total. The zero-order valence-corrected chi connectivity index (χ0v) is 25.8. The lowest BCUT2D eigenvalue weighted by Gasteiger charge is -2.41. The largest absolute Gasteiger partial charge is 0.478 e. The second-order valence-electron chi connectivity index (χ2n) is 13.1. The van der Waals surface area contributed by atoms with Crippen LogP contribution in [0.25, 0.3) is 0 Å². The molecule has 0 amide bonds. The van der Waals surface area contributed by atoms with E-state index in [0.717, 1.165) is 0 Å². The zero-order valence-electron chi connectivity index (χ0n) is 25.0. The number of hydrogen-bond acceptors (Lipinski definition) is 9. The topological polar surface area (TPSA) is 107 Å². The number of carbonyl (C=O) groups excluding carboxylic acids is 1. The Labute approximate surface area is 257 Å². The SMILES string of the molecule is Cc1c(F)cccc1C1N=C(c2nccs2)NC(CN2CC(F)(F)[C@@H]3CN([C@H]4C[C@H](C(=O)OC(C)(C)C)C4)C[C@@H]32)=C1C(=O)O. The van der Waals surface area contributed by atoms with Crippen LogP contribution in [0.1, 0.15) is 55.8 Å². The van der Waals surface area contributed by atoms with Crippen LogP contribution in [-0.4, -0.2) is 87.5 Å². The third-order valence-corrected chi connectivity index (χ3v) is 9.85. The van der Waals surface area contributed by atoms with Crippen LogP contribution < -0.4 is 5.32 Å². The molecule has 3 atom stereocenters. The Morgan fingerprint density at radius 2 is 1.98 bits per heavy atom. The number of carbonyl (C=O) groups is 2. The average Bonchev–Trinajstić information content (AvgIpc) is 3.62. The van der Waals surface area contributed by atoms with Crippen molar-refractivity contribution < 1.29 is 32.6 Å². The summed E-state index contributed by atoms with van der Waals surface area (Å²) in [5.41, 5.74) is 0.193. The van der Waals surface area contributed by atoms with Gasteiger partial charge in [0.1, 0.15) is 17.5 Å². The molecule has 0 radical (unpaired) electrons. The number of amidine groups is 1. The van der Waals surface area contributed by atoms with Gasteiger partial charge in [0.25, 0.3) is 5.92 Å². The predicted molar refractivity (Wildman–Crippen MR) is 158 cm³/mol. The fraction of sp³-hybridized carbons (Fsp3) is 0.548. The van der Waals surface area contributed by atoms with E-state index in [4.69, 9.17) is 4.74 Å². The summed E-state index contributed by atoms with van der Waals surface area (Å²) in [6.45, 7) is 7.03. The Bertz CT molecular complexity index is 1520. The van der Waals surface area contributed by atoms with E-state index >= 15 is 8.78 Å². The van der Waals surface area contributed by atoms with Gasteiger partial charge in [-0.25, -0.2) is 22.9 Å². The van der Waals surface area contributed by atoms with Crippen LogP contribution in [0.3, 0.4) is 0 Å². The summed E-state index contributed by atoms with van der Waals surface area (Å²) in [7, 11) is 0. The standard InChI is InChI=1S/C31H36F3N5O4S/c1-16-19(6-5-7-21(16)32)25-24(28(40)41)22(36-26(37-25)27-35-8-9-44-27)13-39-15-31(33,34)20-12-38(14-23(20)39)18-10-17(11-18)29(42)43-30(2,3)4/h5-9,17-18,20,23,25H,10-15H2,1-4H3,(H,36,37)(H,40,41)/t17-,18-,20-,23+,25?/m1/s1. The lowest BCUT2D eigenvalue weighted by Crippen LogP contribution is -2.49. The van der Waals surface area contributed by atoms with Crippen LogP contribution in [0.5, 0.6) is 0 Å². The van der Waals surface area contributed by atoms with Crippen LogP contribution >= 0.6 is 11.3 Å². The van der Waals surface area contributed by atoms with Gasteiger partial charge in [0, 0.05) is 49.0 Å². The highest BCUT2D eigenvalue weighted by molar-refractivity contribution is 7.11. The molecule has 3 fully saturated rings. The highest BCUT2D eigenvalue weighted by Gasteiger charge is 2.59. The Hall–Kier alpha value is -3.29. The molecule has 1 unspecified atom stereocenters. The first kappa shape index (κ1) is 30.7. The summed E-state index contributed by atoms with van der Waals surface area (Å²) in [6.07, 6.45) is 2.73. The van der Waals surface area contributed by atoms with E-state index in [2.05, 4.69) is 15.3 Å². The number of likely N-dealkylation sites (tertiary alicyclic amines) is 2. The number of esters is 1. The quantitative estimate of drug-likeness (QED) is 0.434. The van der Waals surface area contributed by atoms with Gasteiger partial charge in [0.05, 0.1) is 24.0 Å². The molecule has 9 nitrogen and oxygen atoms in total. The van der Waals surface area contributed by atoms with Crippen LogP contribution in [-0.2, 0) is 14.3 Å². The van der Waals surface area contributed by atoms with Gasteiger partial charge in [0.15, 0.2) is 10.8 Å². The molecule has 13 heteroatoms. The number of benzene rings is 1. The van der Waals surface area contributed by atoms with Crippen molar-refractivity contribution in [3.63, 3.8) is 0 Å². The van der Waals surface area contributed by atoms with Crippen molar-refractivity contribution in [2.24, 2.45) is 16.8 Å². The molecule has 3 aliphatic heterocycles. The Balaban J connectivity index is 1.25. The molecule has 2 aromatic rings. The average molecular weight is 632 g/mol. The maximum absolute atomic E-state index is 15.5. The summed E-state index contributed by atoms with van der Waals surface area (Å²) < 4.78 is 51.1. The van der Waals surface area contributed by atoms with E-state index in [1.165, 1.54) is 23.5 Å². The molecule has 236 valence electrons. The molecule has 1 aromatic heterocycles. The van der Waals surface area contributed by atoms with Crippen molar-refractivity contribution in [1.29, 1.82) is 0 Å². The first-order chi connectivity index (χ1) is 20.7. The van der Waals surface area contributed by atoms with Crippen LogP contribution in [0.15, 0.2) is 46.0 Å². The highest BCUT2D eigenvalue weighted by atomic mass is 32.1. The van der Waals surface area contributed by atoms with Gasteiger partial charge in [-0.15, -0.1) is 11.3 Å². The van der Waals surface area contributed by atoms with Crippen molar-refractivity contribution in [1.82, 2.24) is 20.1 Å². The van der Waals surface area contributed by atoms with Crippen LogP contribution in [0.4, 0.5) is 13.2 Å². The molecule has 4 aliphatic rings. The number of nitrogens with zero attached hydrogens (tertiary/aromatic N) is 4. The summed E-state index contributed by atoms with van der Waals surface area (Å²) in [6, 6.07) is 2.89. The third-order valence-electron chi connectivity index (χ3n) is 9.07. The monoisotopic (exact) mass is 631 g/mol. The second-order valence-corrected chi connectivity index (χ2v) is 14.0. The number of fused-ring (bicyclic) bond motifs is 1. The smallest absolute Gasteiger partial charge is 0.335 e. The maximum atomic E-state index is 15.5. The number of hydrogen-bond donors (Lipinski definition) is 2. The van der Waals surface area contributed by atoms with Gasteiger partial charge in [-0.3, -0.25) is 19.6 Å². The number of thiazole rings is 1. The summed E-state index contributed by atoms with van der Waals surface area (Å²) in [5.74, 6) is -5.83. The molecule has 1 aromatic carbocycles. The van der Waals surface area contributed by atoms with Crippen LogP contribution in [0.2, 0.25) is 0 Å². The van der Waals surface area contributed by atoms with Crippen molar-refractivity contribution >= 4 is 29.1 Å². The maximum Gasteiger partial charge on any atom is 0.335 e. The zero-order chi connectivity index (χ0) is 31.6. The minimum Gasteiger partial charge on any atom is -0.478 e. The predicted octanol–water partition coefficient (Wildman–Crippen LogP) is 4.39. The van der Waals surface area contributed by atoms with Gasteiger partial charge in [-0.05, 0) is 57.7 Å². The van der Waals surface area contributed by atoms with Gasteiger partial charge in [-0.2, -0.15) is 0 Å². The number of carboxylic acid groups (broad SMARTS) is 1. The van der Waals surface area contributed by atoms with E-state index in [1.807, 2.05) is 25.7 Å². The summed E-state index contributed by atoms with van der Waals surface area (Å²) >= 11 is 1.30. The number of carboxylic acids is 1. The second kappa shape index (κ2) is 11.3. The number of alkyl halides is 2. The number of rotatable bonds is 7. The van der Waals surface area contributed by atoms with Crippen LogP contribution in [0, 0.1) is 24.6 Å². The number of nitrogens with one attached hydrogen (secondary N) is 1. The van der Waals surface area contributed by atoms with E-state index in [-0.39, 0.29) is 47.9 Å². The van der Waals surface area contributed by atoms with Gasteiger partial charge < -0.3 is 15.2 Å². The third kappa shape index (κ3) is 5.77.